The van der Waals surface area contributed by atoms with Gasteiger partial charge in [-0.25, -0.2) is 0 Å². The highest BCUT2D eigenvalue weighted by atomic mass is 32.1. The molecule has 2 unspecified atom stereocenters. The van der Waals surface area contributed by atoms with Crippen molar-refractivity contribution < 1.29 is 4.79 Å². The van der Waals surface area contributed by atoms with Gasteiger partial charge in [0.1, 0.15) is 0 Å². The van der Waals surface area contributed by atoms with Gasteiger partial charge in [0.2, 0.25) is 5.91 Å². The van der Waals surface area contributed by atoms with Crippen molar-refractivity contribution in [2.45, 2.75) is 19.0 Å². The van der Waals surface area contributed by atoms with E-state index in [-0.39, 0.29) is 18.0 Å². The van der Waals surface area contributed by atoms with Crippen LogP contribution in [0.15, 0.2) is 30.2 Å². The van der Waals surface area contributed by atoms with Gasteiger partial charge < -0.3 is 10.2 Å². The third-order valence-electron chi connectivity index (χ3n) is 3.00. The highest BCUT2D eigenvalue weighted by Gasteiger charge is 2.30. The first kappa shape index (κ1) is 11.4. The van der Waals surface area contributed by atoms with E-state index in [0.29, 0.717) is 0 Å². The van der Waals surface area contributed by atoms with Crippen molar-refractivity contribution in [3.63, 3.8) is 0 Å². The van der Waals surface area contributed by atoms with E-state index < -0.39 is 0 Å². The molecule has 1 fully saturated rings. The zero-order valence-corrected chi connectivity index (χ0v) is 10.2. The fourth-order valence-electron chi connectivity index (χ4n) is 2.13. The van der Waals surface area contributed by atoms with E-state index >= 15 is 0 Å². The van der Waals surface area contributed by atoms with E-state index in [2.05, 4.69) is 30.3 Å². The van der Waals surface area contributed by atoms with Gasteiger partial charge >= 0.3 is 0 Å². The molecule has 2 atom stereocenters. The van der Waals surface area contributed by atoms with Crippen molar-refractivity contribution in [2.24, 2.45) is 0 Å². The van der Waals surface area contributed by atoms with Gasteiger partial charge in [-0.2, -0.15) is 0 Å². The van der Waals surface area contributed by atoms with Crippen molar-refractivity contribution in [1.82, 2.24) is 10.2 Å². The van der Waals surface area contributed by atoms with Crippen molar-refractivity contribution in [1.29, 1.82) is 0 Å². The van der Waals surface area contributed by atoms with Gasteiger partial charge in [-0.15, -0.1) is 11.3 Å². The van der Waals surface area contributed by atoms with Crippen LogP contribution in [0.3, 0.4) is 0 Å². The van der Waals surface area contributed by atoms with Crippen LogP contribution >= 0.6 is 11.3 Å². The number of nitrogens with one attached hydrogen (secondary N) is 1. The van der Waals surface area contributed by atoms with Gasteiger partial charge in [0.05, 0.1) is 6.04 Å². The Morgan fingerprint density at radius 3 is 3.19 bits per heavy atom. The van der Waals surface area contributed by atoms with Gasteiger partial charge in [-0.05, 0) is 24.4 Å². The molecule has 0 aliphatic carbocycles. The molecular formula is C12H16N2OS. The number of nitrogens with zero attached hydrogens (tertiary/aromatic N) is 1. The maximum Gasteiger partial charge on any atom is 0.246 e. The second kappa shape index (κ2) is 4.80. The first-order valence-corrected chi connectivity index (χ1v) is 6.32. The summed E-state index contributed by atoms with van der Waals surface area (Å²) in [7, 11) is 0. The molecule has 0 spiro atoms. The number of hydrogen-bond donors (Lipinski definition) is 1. The standard InChI is InChI=1S/C12H16N2OS/c1-3-11(15)14-7-6-13-12(9(14)2)10-5-4-8-16-10/h3-5,8-9,12-13H,1,6-7H2,2H3. The molecule has 1 aliphatic rings. The van der Waals surface area contributed by atoms with E-state index in [9.17, 15) is 4.79 Å². The van der Waals surface area contributed by atoms with Crippen LogP contribution in [0.1, 0.15) is 17.8 Å². The van der Waals surface area contributed by atoms with Crippen molar-refractivity contribution in [2.75, 3.05) is 13.1 Å². The molecule has 0 saturated carbocycles. The van der Waals surface area contributed by atoms with Crippen LogP contribution in [-0.4, -0.2) is 29.9 Å². The van der Waals surface area contributed by atoms with E-state index in [1.54, 1.807) is 11.3 Å². The van der Waals surface area contributed by atoms with Gasteiger partial charge in [0.15, 0.2) is 0 Å². The number of carbonyl (C=O) groups is 1. The molecular weight excluding hydrogens is 220 g/mol. The number of rotatable bonds is 2. The predicted molar refractivity (Wildman–Crippen MR) is 66.4 cm³/mol. The van der Waals surface area contributed by atoms with E-state index in [4.69, 9.17) is 0 Å². The summed E-state index contributed by atoms with van der Waals surface area (Å²) in [5.41, 5.74) is 0. The van der Waals surface area contributed by atoms with E-state index in [1.807, 2.05) is 11.0 Å². The average Bonchev–Trinajstić information content (AvgIpc) is 2.82. The fourth-order valence-corrected chi connectivity index (χ4v) is 3.03. The molecule has 3 nitrogen and oxygen atoms in total. The maximum atomic E-state index is 11.7. The molecule has 1 aliphatic heterocycles. The minimum Gasteiger partial charge on any atom is -0.333 e. The summed E-state index contributed by atoms with van der Waals surface area (Å²) in [6.45, 7) is 7.23. The van der Waals surface area contributed by atoms with Crippen molar-refractivity contribution in [3.8, 4) is 0 Å². The SMILES string of the molecule is C=CC(=O)N1CCNC(c2cccs2)C1C. The van der Waals surface area contributed by atoms with E-state index in [1.165, 1.54) is 11.0 Å². The summed E-state index contributed by atoms with van der Waals surface area (Å²) in [5, 5.41) is 5.53. The van der Waals surface area contributed by atoms with Crippen molar-refractivity contribution >= 4 is 17.2 Å². The van der Waals surface area contributed by atoms with Gasteiger partial charge in [0.25, 0.3) is 0 Å². The molecule has 1 aromatic rings. The lowest BCUT2D eigenvalue weighted by Gasteiger charge is -2.39. The van der Waals surface area contributed by atoms with Crippen LogP contribution in [0.5, 0.6) is 0 Å². The Labute approximate surface area is 99.8 Å². The zero-order chi connectivity index (χ0) is 11.5. The Hall–Kier alpha value is -1.13. The molecule has 0 aromatic carbocycles. The minimum absolute atomic E-state index is 0.0237. The first-order valence-electron chi connectivity index (χ1n) is 5.44. The second-order valence-electron chi connectivity index (χ2n) is 3.92. The molecule has 2 heterocycles. The normalized spacial score (nSPS) is 25.4. The Morgan fingerprint density at radius 2 is 2.56 bits per heavy atom. The molecule has 1 N–H and O–H groups in total. The number of carbonyl (C=O) groups excluding carboxylic acids is 1. The second-order valence-corrected chi connectivity index (χ2v) is 4.90. The van der Waals surface area contributed by atoms with Crippen LogP contribution in [-0.2, 0) is 4.79 Å². The smallest absolute Gasteiger partial charge is 0.246 e. The molecule has 16 heavy (non-hydrogen) atoms. The van der Waals surface area contributed by atoms with Gasteiger partial charge in [0, 0.05) is 24.0 Å². The summed E-state index contributed by atoms with van der Waals surface area (Å²) >= 11 is 1.73. The summed E-state index contributed by atoms with van der Waals surface area (Å²) < 4.78 is 0. The summed E-state index contributed by atoms with van der Waals surface area (Å²) in [4.78, 5) is 14.8. The number of thiophene rings is 1. The third-order valence-corrected chi connectivity index (χ3v) is 3.95. The summed E-state index contributed by atoms with van der Waals surface area (Å²) in [6, 6.07) is 4.58. The molecule has 0 bridgehead atoms. The lowest BCUT2D eigenvalue weighted by molar-refractivity contribution is -0.129. The van der Waals surface area contributed by atoms with Crippen LogP contribution in [0.4, 0.5) is 0 Å². The Bertz CT molecular complexity index is 374. The van der Waals surface area contributed by atoms with Crippen LogP contribution in [0.25, 0.3) is 0 Å². The molecule has 1 saturated heterocycles. The molecule has 4 heteroatoms. The van der Waals surface area contributed by atoms with E-state index in [0.717, 1.165) is 13.1 Å². The number of hydrogen-bond acceptors (Lipinski definition) is 3. The number of amides is 1. The van der Waals surface area contributed by atoms with Gasteiger partial charge in [-0.3, -0.25) is 4.79 Å². The number of piperazine rings is 1. The Balaban J connectivity index is 2.16. The summed E-state index contributed by atoms with van der Waals surface area (Å²) in [6.07, 6.45) is 1.40. The van der Waals surface area contributed by atoms with Gasteiger partial charge in [-0.1, -0.05) is 12.6 Å². The maximum absolute atomic E-state index is 11.7. The third kappa shape index (κ3) is 2.03. The van der Waals surface area contributed by atoms with Crippen molar-refractivity contribution in [3.05, 3.63) is 35.0 Å². The molecule has 0 radical (unpaired) electrons. The highest BCUT2D eigenvalue weighted by Crippen LogP contribution is 2.27. The monoisotopic (exact) mass is 236 g/mol. The minimum atomic E-state index is 0.0237. The Kier molecular flexibility index (Phi) is 3.41. The average molecular weight is 236 g/mol. The highest BCUT2D eigenvalue weighted by molar-refractivity contribution is 7.10. The quantitative estimate of drug-likeness (QED) is 0.794. The molecule has 86 valence electrons. The lowest BCUT2D eigenvalue weighted by atomic mass is 10.0. The Morgan fingerprint density at radius 1 is 1.75 bits per heavy atom. The molecule has 2 rings (SSSR count). The first-order chi connectivity index (χ1) is 7.74. The molecule has 1 aromatic heterocycles. The fraction of sp³-hybridized carbons (Fsp3) is 0.417. The van der Waals surface area contributed by atoms with Crippen LogP contribution in [0.2, 0.25) is 0 Å². The summed E-state index contributed by atoms with van der Waals surface area (Å²) in [5.74, 6) is 0.0237. The van der Waals surface area contributed by atoms with Crippen LogP contribution < -0.4 is 5.32 Å². The lowest BCUT2D eigenvalue weighted by Crippen LogP contribution is -2.53. The topological polar surface area (TPSA) is 32.3 Å². The zero-order valence-electron chi connectivity index (χ0n) is 9.35. The largest absolute Gasteiger partial charge is 0.333 e. The predicted octanol–water partition coefficient (Wildman–Crippen LogP) is 1.80. The molecule has 1 amide bonds. The van der Waals surface area contributed by atoms with Crippen LogP contribution in [0, 0.1) is 0 Å².